The van der Waals surface area contributed by atoms with Gasteiger partial charge in [-0.05, 0) is 19.1 Å². The Morgan fingerprint density at radius 1 is 1.40 bits per heavy atom. The van der Waals surface area contributed by atoms with Gasteiger partial charge < -0.3 is 5.73 Å². The van der Waals surface area contributed by atoms with Gasteiger partial charge in [-0.15, -0.1) is 0 Å². The van der Waals surface area contributed by atoms with Gasteiger partial charge in [-0.1, -0.05) is 15.9 Å². The number of alkyl halides is 3. The van der Waals surface area contributed by atoms with Crippen LogP contribution in [-0.2, 0) is 6.18 Å². The van der Waals surface area contributed by atoms with Crippen LogP contribution in [0.1, 0.15) is 22.8 Å². The molecule has 82 valence electrons. The average Bonchev–Trinajstić information content (AvgIpc) is 1.99. The van der Waals surface area contributed by atoms with E-state index in [0.717, 1.165) is 19.1 Å². The first-order chi connectivity index (χ1) is 6.73. The fraction of sp³-hybridized carbons (Fsp3) is 0.222. The summed E-state index contributed by atoms with van der Waals surface area (Å²) in [6, 6.07) is 2.23. The molecule has 0 aliphatic heterocycles. The van der Waals surface area contributed by atoms with Crippen LogP contribution in [0.4, 0.5) is 18.9 Å². The second-order valence-electron chi connectivity index (χ2n) is 2.97. The quantitative estimate of drug-likeness (QED) is 0.634. The van der Waals surface area contributed by atoms with E-state index in [9.17, 15) is 18.0 Å². The van der Waals surface area contributed by atoms with E-state index in [0.29, 0.717) is 4.47 Å². The fourth-order valence-electron chi connectivity index (χ4n) is 1.22. The molecule has 0 unspecified atom stereocenters. The lowest BCUT2D eigenvalue weighted by molar-refractivity contribution is -0.137. The number of carbonyl (C=O) groups excluding carboxylic acids is 1. The van der Waals surface area contributed by atoms with Gasteiger partial charge in [-0.3, -0.25) is 4.79 Å². The number of rotatable bonds is 1. The normalized spacial score (nSPS) is 11.5. The minimum absolute atomic E-state index is 0.346. The van der Waals surface area contributed by atoms with Crippen LogP contribution in [0, 0.1) is 0 Å². The van der Waals surface area contributed by atoms with Gasteiger partial charge in [0.1, 0.15) is 0 Å². The molecule has 0 bridgehead atoms. The minimum Gasteiger partial charge on any atom is -0.398 e. The van der Waals surface area contributed by atoms with Gasteiger partial charge in [0.05, 0.1) is 5.56 Å². The lowest BCUT2D eigenvalue weighted by Gasteiger charge is -2.14. The molecule has 0 fully saturated rings. The van der Waals surface area contributed by atoms with Crippen molar-refractivity contribution in [1.29, 1.82) is 0 Å². The molecule has 1 aromatic rings. The van der Waals surface area contributed by atoms with E-state index in [1.165, 1.54) is 0 Å². The molecule has 0 aromatic heterocycles. The molecule has 2 N–H and O–H groups in total. The van der Waals surface area contributed by atoms with E-state index in [2.05, 4.69) is 15.9 Å². The van der Waals surface area contributed by atoms with Gasteiger partial charge in [0.15, 0.2) is 5.78 Å². The summed E-state index contributed by atoms with van der Waals surface area (Å²) in [5.74, 6) is -0.671. The Morgan fingerprint density at radius 2 is 1.93 bits per heavy atom. The number of halogens is 4. The lowest BCUT2D eigenvalue weighted by atomic mass is 10.0. The monoisotopic (exact) mass is 281 g/mol. The molecule has 2 nitrogen and oxygen atoms in total. The van der Waals surface area contributed by atoms with E-state index in [1.807, 2.05) is 0 Å². The molecule has 0 spiro atoms. The summed E-state index contributed by atoms with van der Waals surface area (Å²) in [6.07, 6.45) is -4.62. The average molecular weight is 282 g/mol. The molecule has 6 heteroatoms. The van der Waals surface area contributed by atoms with Gasteiger partial charge in [0.2, 0.25) is 0 Å². The molecule has 0 amide bonds. The standard InChI is InChI=1S/C9H7BrF3NO/c1-4(15)6-2-5(10)3-7(14)8(6)9(11,12)13/h2-3H,14H2,1H3. The molecule has 0 aliphatic carbocycles. The number of Topliss-reactive ketones (excluding diaryl/α,β-unsaturated/α-hetero) is 1. The molecule has 1 rings (SSSR count). The van der Waals surface area contributed by atoms with E-state index in [4.69, 9.17) is 5.73 Å². The van der Waals surface area contributed by atoms with Gasteiger partial charge in [0, 0.05) is 15.7 Å². The van der Waals surface area contributed by atoms with Crippen LogP contribution in [0.3, 0.4) is 0 Å². The van der Waals surface area contributed by atoms with Gasteiger partial charge in [-0.25, -0.2) is 0 Å². The molecular weight excluding hydrogens is 275 g/mol. The van der Waals surface area contributed by atoms with Crippen LogP contribution in [0.25, 0.3) is 0 Å². The van der Waals surface area contributed by atoms with Crippen molar-refractivity contribution in [1.82, 2.24) is 0 Å². The largest absolute Gasteiger partial charge is 0.419 e. The first kappa shape index (κ1) is 12.0. The van der Waals surface area contributed by atoms with Gasteiger partial charge >= 0.3 is 6.18 Å². The van der Waals surface area contributed by atoms with E-state index >= 15 is 0 Å². The second-order valence-corrected chi connectivity index (χ2v) is 3.89. The smallest absolute Gasteiger partial charge is 0.398 e. The first-order valence-electron chi connectivity index (χ1n) is 3.90. The zero-order valence-electron chi connectivity index (χ0n) is 7.65. The zero-order valence-corrected chi connectivity index (χ0v) is 9.24. The van der Waals surface area contributed by atoms with Crippen LogP contribution >= 0.6 is 15.9 Å². The number of anilines is 1. The van der Waals surface area contributed by atoms with E-state index < -0.39 is 28.8 Å². The van der Waals surface area contributed by atoms with E-state index in [-0.39, 0.29) is 0 Å². The molecule has 0 heterocycles. The molecule has 0 atom stereocenters. The highest BCUT2D eigenvalue weighted by molar-refractivity contribution is 9.10. The minimum atomic E-state index is -4.62. The Hall–Kier alpha value is -1.04. The van der Waals surface area contributed by atoms with Crippen molar-refractivity contribution in [2.45, 2.75) is 13.1 Å². The predicted octanol–water partition coefficient (Wildman–Crippen LogP) is 3.25. The third-order valence-corrected chi connectivity index (χ3v) is 2.25. The Bertz CT molecular complexity index is 415. The summed E-state index contributed by atoms with van der Waals surface area (Å²) in [5.41, 5.74) is 3.29. The molecule has 15 heavy (non-hydrogen) atoms. The van der Waals surface area contributed by atoms with Crippen LogP contribution in [-0.4, -0.2) is 5.78 Å². The number of nitrogens with two attached hydrogens (primary N) is 1. The molecule has 1 aromatic carbocycles. The number of benzene rings is 1. The molecule has 0 radical (unpaired) electrons. The van der Waals surface area contributed by atoms with Crippen molar-refractivity contribution in [3.63, 3.8) is 0 Å². The Morgan fingerprint density at radius 3 is 2.33 bits per heavy atom. The zero-order chi connectivity index (χ0) is 11.8. The summed E-state index contributed by atoms with van der Waals surface area (Å²) < 4.78 is 38.0. The summed E-state index contributed by atoms with van der Waals surface area (Å²) in [4.78, 5) is 11.0. The Kier molecular flexibility index (Phi) is 3.08. The third-order valence-electron chi connectivity index (χ3n) is 1.80. The van der Waals surface area contributed by atoms with Crippen molar-refractivity contribution in [3.05, 3.63) is 27.7 Å². The molecular formula is C9H7BrF3NO. The molecule has 0 aliphatic rings. The fourth-order valence-corrected chi connectivity index (χ4v) is 1.70. The van der Waals surface area contributed by atoms with Crippen molar-refractivity contribution in [3.8, 4) is 0 Å². The van der Waals surface area contributed by atoms with Gasteiger partial charge in [-0.2, -0.15) is 13.2 Å². The van der Waals surface area contributed by atoms with Crippen LogP contribution in [0.15, 0.2) is 16.6 Å². The second kappa shape index (κ2) is 3.84. The molecule has 0 saturated heterocycles. The number of carbonyl (C=O) groups is 1. The first-order valence-corrected chi connectivity index (χ1v) is 4.70. The van der Waals surface area contributed by atoms with Crippen molar-refractivity contribution >= 4 is 27.4 Å². The predicted molar refractivity (Wildman–Crippen MR) is 53.6 cm³/mol. The SMILES string of the molecule is CC(=O)c1cc(Br)cc(N)c1C(F)(F)F. The van der Waals surface area contributed by atoms with Crippen LogP contribution in [0.5, 0.6) is 0 Å². The van der Waals surface area contributed by atoms with E-state index in [1.54, 1.807) is 0 Å². The van der Waals surface area contributed by atoms with Crippen molar-refractivity contribution in [2.75, 3.05) is 5.73 Å². The maximum Gasteiger partial charge on any atom is 0.419 e. The summed E-state index contributed by atoms with van der Waals surface area (Å²) in [7, 11) is 0. The Balaban J connectivity index is 3.55. The highest BCUT2D eigenvalue weighted by atomic mass is 79.9. The topological polar surface area (TPSA) is 43.1 Å². The van der Waals surface area contributed by atoms with Crippen molar-refractivity contribution < 1.29 is 18.0 Å². The highest BCUT2D eigenvalue weighted by Crippen LogP contribution is 2.38. The number of nitrogen functional groups attached to an aromatic ring is 1. The maximum atomic E-state index is 12.6. The van der Waals surface area contributed by atoms with Crippen LogP contribution in [0.2, 0.25) is 0 Å². The third kappa shape index (κ3) is 2.50. The summed E-state index contributed by atoms with van der Waals surface area (Å²) in [5, 5.41) is 0. The molecule has 0 saturated carbocycles. The Labute approximate surface area is 92.4 Å². The summed E-state index contributed by atoms with van der Waals surface area (Å²) in [6.45, 7) is 1.07. The number of hydrogen-bond acceptors (Lipinski definition) is 2. The number of hydrogen-bond donors (Lipinski definition) is 1. The van der Waals surface area contributed by atoms with Crippen molar-refractivity contribution in [2.24, 2.45) is 0 Å². The lowest BCUT2D eigenvalue weighted by Crippen LogP contribution is -2.14. The maximum absolute atomic E-state index is 12.6. The summed E-state index contributed by atoms with van der Waals surface area (Å²) >= 11 is 2.98. The number of ketones is 1. The van der Waals surface area contributed by atoms with Crippen LogP contribution < -0.4 is 5.73 Å². The van der Waals surface area contributed by atoms with Gasteiger partial charge in [0.25, 0.3) is 0 Å². The highest BCUT2D eigenvalue weighted by Gasteiger charge is 2.37.